The summed E-state index contributed by atoms with van der Waals surface area (Å²) < 4.78 is 28.5. The zero-order chi connectivity index (χ0) is 21.4. The summed E-state index contributed by atoms with van der Waals surface area (Å²) in [5.41, 5.74) is 1.66. The Balaban J connectivity index is 1.97. The largest absolute Gasteiger partial charge is 0.493 e. The molecular formula is C21H30NO6P. The van der Waals surface area contributed by atoms with Crippen LogP contribution < -0.4 is 19.5 Å². The maximum Gasteiger partial charge on any atom is 0.207 e. The summed E-state index contributed by atoms with van der Waals surface area (Å²) in [5.74, 6) is 1.59. The summed E-state index contributed by atoms with van der Waals surface area (Å²) in [4.78, 5) is 10.2. The number of nitrogens with one attached hydrogen (secondary N) is 1. The van der Waals surface area contributed by atoms with Crippen LogP contribution >= 0.6 is 7.37 Å². The minimum Gasteiger partial charge on any atom is -0.493 e. The first-order valence-corrected chi connectivity index (χ1v) is 11.4. The lowest BCUT2D eigenvalue weighted by Gasteiger charge is -2.21. The molecule has 0 aliphatic carbocycles. The van der Waals surface area contributed by atoms with Gasteiger partial charge in [0.1, 0.15) is 0 Å². The fraction of sp³-hybridized carbons (Fsp3) is 0.429. The van der Waals surface area contributed by atoms with Gasteiger partial charge in [0.25, 0.3) is 0 Å². The van der Waals surface area contributed by atoms with Crippen LogP contribution in [0.2, 0.25) is 0 Å². The molecule has 2 aromatic rings. The van der Waals surface area contributed by atoms with E-state index in [-0.39, 0.29) is 24.9 Å². The van der Waals surface area contributed by atoms with E-state index in [4.69, 9.17) is 14.2 Å². The van der Waals surface area contributed by atoms with Gasteiger partial charge in [0.15, 0.2) is 11.5 Å². The topological polar surface area (TPSA) is 97.2 Å². The molecule has 0 aliphatic heterocycles. The van der Waals surface area contributed by atoms with Crippen LogP contribution in [-0.2, 0) is 10.7 Å². The molecule has 29 heavy (non-hydrogen) atoms. The lowest BCUT2D eigenvalue weighted by Crippen LogP contribution is -2.31. The molecule has 3 N–H and O–H groups in total. The van der Waals surface area contributed by atoms with Crippen molar-refractivity contribution in [2.75, 3.05) is 34.0 Å². The van der Waals surface area contributed by atoms with Crippen molar-refractivity contribution in [3.05, 3.63) is 53.6 Å². The number of hydrogen-bond acceptors (Lipinski definition) is 6. The molecule has 0 spiro atoms. The van der Waals surface area contributed by atoms with Crippen LogP contribution in [-0.4, -0.2) is 50.1 Å². The monoisotopic (exact) mass is 423 g/mol. The van der Waals surface area contributed by atoms with Crippen molar-refractivity contribution in [3.63, 3.8) is 0 Å². The highest BCUT2D eigenvalue weighted by Crippen LogP contribution is 2.45. The molecule has 0 aliphatic rings. The van der Waals surface area contributed by atoms with E-state index in [2.05, 4.69) is 5.32 Å². The van der Waals surface area contributed by atoms with Crippen molar-refractivity contribution in [3.8, 4) is 17.2 Å². The Morgan fingerprint density at radius 3 is 2.14 bits per heavy atom. The highest BCUT2D eigenvalue weighted by molar-refractivity contribution is 7.57. The molecule has 3 atom stereocenters. The van der Waals surface area contributed by atoms with E-state index >= 15 is 0 Å². The minimum atomic E-state index is -3.49. The van der Waals surface area contributed by atoms with Crippen molar-refractivity contribution in [2.24, 2.45) is 0 Å². The van der Waals surface area contributed by atoms with Gasteiger partial charge in [-0.2, -0.15) is 0 Å². The fourth-order valence-electron chi connectivity index (χ4n) is 3.11. The van der Waals surface area contributed by atoms with E-state index in [1.807, 2.05) is 37.3 Å². The van der Waals surface area contributed by atoms with Crippen LogP contribution in [0, 0.1) is 0 Å². The molecule has 0 amide bonds. The molecule has 0 fully saturated rings. The van der Waals surface area contributed by atoms with Gasteiger partial charge in [0, 0.05) is 18.7 Å². The quantitative estimate of drug-likeness (QED) is 0.478. The molecule has 0 aromatic heterocycles. The lowest BCUT2D eigenvalue weighted by atomic mass is 10.1. The second-order valence-corrected chi connectivity index (χ2v) is 9.29. The van der Waals surface area contributed by atoms with Crippen LogP contribution in [0.25, 0.3) is 0 Å². The van der Waals surface area contributed by atoms with Crippen LogP contribution in [0.3, 0.4) is 0 Å². The maximum absolute atomic E-state index is 12.5. The number of methoxy groups -OCH3 is 3. The number of aliphatic hydroxyl groups excluding tert-OH is 1. The third-order valence-electron chi connectivity index (χ3n) is 4.62. The summed E-state index contributed by atoms with van der Waals surface area (Å²) in [7, 11) is 1.16. The van der Waals surface area contributed by atoms with Crippen LogP contribution in [0.4, 0.5) is 0 Å². The van der Waals surface area contributed by atoms with Gasteiger partial charge >= 0.3 is 0 Å². The summed E-state index contributed by atoms with van der Waals surface area (Å²) in [6.07, 6.45) is -1.07. The van der Waals surface area contributed by atoms with Crippen molar-refractivity contribution in [2.45, 2.75) is 25.2 Å². The smallest absolute Gasteiger partial charge is 0.207 e. The average Bonchev–Trinajstić information content (AvgIpc) is 2.70. The van der Waals surface area contributed by atoms with E-state index in [0.717, 1.165) is 11.1 Å². The Morgan fingerprint density at radius 1 is 1.03 bits per heavy atom. The van der Waals surface area contributed by atoms with E-state index in [1.54, 1.807) is 33.5 Å². The highest BCUT2D eigenvalue weighted by Gasteiger charge is 2.24. The van der Waals surface area contributed by atoms with E-state index in [0.29, 0.717) is 17.2 Å². The average molecular weight is 423 g/mol. The fourth-order valence-corrected chi connectivity index (χ4v) is 4.81. The van der Waals surface area contributed by atoms with Crippen molar-refractivity contribution in [1.82, 2.24) is 5.32 Å². The molecule has 0 saturated heterocycles. The van der Waals surface area contributed by atoms with Crippen molar-refractivity contribution in [1.29, 1.82) is 0 Å². The van der Waals surface area contributed by atoms with Gasteiger partial charge in [-0.05, 0) is 30.2 Å². The molecule has 7 nitrogen and oxygen atoms in total. The molecule has 3 unspecified atom stereocenters. The van der Waals surface area contributed by atoms with Gasteiger partial charge in [-0.1, -0.05) is 30.3 Å². The summed E-state index contributed by atoms with van der Waals surface area (Å²) in [6, 6.07) is 12.6. The number of hydrogen-bond donors (Lipinski definition) is 3. The van der Waals surface area contributed by atoms with Crippen molar-refractivity contribution < 1.29 is 28.8 Å². The molecule has 0 saturated carbocycles. The summed E-state index contributed by atoms with van der Waals surface area (Å²) in [5, 5.41) is 13.5. The van der Waals surface area contributed by atoms with Gasteiger partial charge in [0.05, 0.1) is 33.6 Å². The molecule has 2 rings (SSSR count). The van der Waals surface area contributed by atoms with Gasteiger partial charge in [0.2, 0.25) is 13.1 Å². The SMILES string of the molecule is COc1cc(C(C)NCC(O)CP(=O)(O)Cc2ccccc2)cc(OC)c1OC. The first kappa shape index (κ1) is 23.2. The summed E-state index contributed by atoms with van der Waals surface area (Å²) >= 11 is 0. The first-order valence-electron chi connectivity index (χ1n) is 9.35. The summed E-state index contributed by atoms with van der Waals surface area (Å²) in [6.45, 7) is 2.10. The Bertz CT molecular complexity index is 804. The second-order valence-electron chi connectivity index (χ2n) is 6.92. The number of rotatable bonds is 11. The maximum atomic E-state index is 12.5. The predicted octanol–water partition coefficient (Wildman–Crippen LogP) is 3.19. The van der Waals surface area contributed by atoms with Gasteiger partial charge in [-0.25, -0.2) is 0 Å². The Labute approximate surface area is 172 Å². The number of aliphatic hydroxyl groups is 1. The third kappa shape index (κ3) is 6.75. The predicted molar refractivity (Wildman–Crippen MR) is 113 cm³/mol. The highest BCUT2D eigenvalue weighted by atomic mass is 31.2. The zero-order valence-electron chi connectivity index (χ0n) is 17.3. The molecular weight excluding hydrogens is 393 g/mol. The second kappa shape index (κ2) is 10.6. The van der Waals surface area contributed by atoms with Crippen LogP contribution in [0.5, 0.6) is 17.2 Å². The van der Waals surface area contributed by atoms with Gasteiger partial charge < -0.3 is 29.5 Å². The minimum absolute atomic E-state index is 0.0489. The van der Waals surface area contributed by atoms with E-state index < -0.39 is 13.5 Å². The van der Waals surface area contributed by atoms with Crippen molar-refractivity contribution >= 4 is 7.37 Å². The zero-order valence-corrected chi connectivity index (χ0v) is 18.2. The number of benzene rings is 2. The molecule has 8 heteroatoms. The van der Waals surface area contributed by atoms with Crippen LogP contribution in [0.15, 0.2) is 42.5 Å². The lowest BCUT2D eigenvalue weighted by molar-refractivity contribution is 0.186. The molecule has 2 aromatic carbocycles. The normalized spacial score (nSPS) is 15.2. The Kier molecular flexibility index (Phi) is 8.53. The molecule has 160 valence electrons. The molecule has 0 radical (unpaired) electrons. The Hall–Kier alpha value is -2.05. The van der Waals surface area contributed by atoms with Gasteiger partial charge in [-0.3, -0.25) is 4.57 Å². The van der Waals surface area contributed by atoms with E-state index in [1.165, 1.54) is 0 Å². The van der Waals surface area contributed by atoms with Crippen LogP contribution in [0.1, 0.15) is 24.1 Å². The number of ether oxygens (including phenoxy) is 3. The van der Waals surface area contributed by atoms with E-state index in [9.17, 15) is 14.6 Å². The third-order valence-corrected chi connectivity index (χ3v) is 6.47. The molecule has 0 bridgehead atoms. The Morgan fingerprint density at radius 2 is 1.62 bits per heavy atom. The van der Waals surface area contributed by atoms with Gasteiger partial charge in [-0.15, -0.1) is 0 Å². The first-order chi connectivity index (χ1) is 13.8. The molecule has 0 heterocycles. The standard InChI is InChI=1S/C21H30NO6P/c1-15(17-10-19(26-2)21(28-4)20(11-17)27-3)22-12-18(23)14-29(24,25)13-16-8-6-5-7-9-16/h5-11,15,18,22-23H,12-14H2,1-4H3,(H,24,25).